The molecule has 0 saturated heterocycles. The van der Waals surface area contributed by atoms with Crippen molar-refractivity contribution in [3.8, 4) is 11.1 Å². The van der Waals surface area contributed by atoms with Crippen molar-refractivity contribution in [2.45, 2.75) is 63.6 Å². The summed E-state index contributed by atoms with van der Waals surface area (Å²) in [7, 11) is -4.49. The highest BCUT2D eigenvalue weighted by Crippen LogP contribution is 2.53. The molecule has 1 N–H and O–H groups in total. The summed E-state index contributed by atoms with van der Waals surface area (Å²) in [4.78, 5) is 0. The van der Waals surface area contributed by atoms with Crippen molar-refractivity contribution in [3.05, 3.63) is 226 Å². The van der Waals surface area contributed by atoms with Crippen LogP contribution in [0, 0.1) is 0 Å². The number of benzene rings is 8. The van der Waals surface area contributed by atoms with E-state index in [0.717, 1.165) is 22.3 Å². The van der Waals surface area contributed by atoms with Crippen LogP contribution in [0.3, 0.4) is 0 Å². The maximum Gasteiger partial charge on any atom is 0.185 e. The zero-order valence-corrected chi connectivity index (χ0v) is 37.1. The minimum Gasteiger partial charge on any atom is -0.400 e. The minimum absolute atomic E-state index is 0.660. The van der Waals surface area contributed by atoms with E-state index in [0.29, 0.717) is 13.1 Å². The standard InChI is InChI=1S/C54H53NO2Si2/c1-58(2,3)56-53(41-25-11-7-12-26-41,42-27-13-8-14-28-42)49-35-39-23-19-21-33-45(39)51-47(49)37-55-38-48-50(36-40-24-20-22-34-46(40)52(48)51)54(57-59(4,5)6,43-29-15-9-16-30-43)44-31-17-10-18-32-44/h7-36,55H,37-38H2,1-6H3. The van der Waals surface area contributed by atoms with E-state index in [1.54, 1.807) is 0 Å². The van der Waals surface area contributed by atoms with E-state index >= 15 is 0 Å². The average molecular weight is 804 g/mol. The molecule has 0 atom stereocenters. The Bertz CT molecular complexity index is 2490. The number of fused-ring (bicyclic) bond motifs is 7. The quantitative estimate of drug-likeness (QED) is 0.110. The summed E-state index contributed by atoms with van der Waals surface area (Å²) in [5.41, 5.74) is 10.2. The third-order valence-electron chi connectivity index (χ3n) is 11.6. The van der Waals surface area contributed by atoms with Gasteiger partial charge in [-0.25, -0.2) is 0 Å². The van der Waals surface area contributed by atoms with Crippen molar-refractivity contribution in [3.63, 3.8) is 0 Å². The van der Waals surface area contributed by atoms with Crippen LogP contribution in [0.1, 0.15) is 44.5 Å². The molecule has 0 spiro atoms. The van der Waals surface area contributed by atoms with Crippen LogP contribution in [0.15, 0.2) is 182 Å². The van der Waals surface area contributed by atoms with Crippen molar-refractivity contribution in [1.82, 2.24) is 5.32 Å². The second-order valence-electron chi connectivity index (χ2n) is 17.9. The van der Waals surface area contributed by atoms with Crippen molar-refractivity contribution in [2.24, 2.45) is 0 Å². The van der Waals surface area contributed by atoms with Crippen LogP contribution in [-0.4, -0.2) is 16.6 Å². The van der Waals surface area contributed by atoms with Gasteiger partial charge in [0.15, 0.2) is 16.6 Å². The van der Waals surface area contributed by atoms with Crippen LogP contribution in [0.5, 0.6) is 0 Å². The van der Waals surface area contributed by atoms with Gasteiger partial charge in [-0.3, -0.25) is 0 Å². The second-order valence-corrected chi connectivity index (χ2v) is 26.7. The molecule has 0 fully saturated rings. The summed E-state index contributed by atoms with van der Waals surface area (Å²) in [6.07, 6.45) is 0. The molecule has 0 amide bonds. The smallest absolute Gasteiger partial charge is 0.185 e. The Morgan fingerprint density at radius 1 is 0.390 bits per heavy atom. The van der Waals surface area contributed by atoms with Gasteiger partial charge in [-0.1, -0.05) is 170 Å². The molecule has 294 valence electrons. The fourth-order valence-electron chi connectivity index (χ4n) is 9.57. The average Bonchev–Trinajstić information content (AvgIpc) is 3.46. The summed E-state index contributed by atoms with van der Waals surface area (Å²) >= 11 is 0. The first-order valence-electron chi connectivity index (χ1n) is 20.9. The van der Waals surface area contributed by atoms with E-state index in [-0.39, 0.29) is 0 Å². The minimum atomic E-state index is -2.25. The fourth-order valence-corrected chi connectivity index (χ4v) is 12.1. The molecule has 0 saturated carbocycles. The Hall–Kier alpha value is -5.41. The summed E-state index contributed by atoms with van der Waals surface area (Å²) in [5.74, 6) is 0. The van der Waals surface area contributed by atoms with Crippen LogP contribution in [0.2, 0.25) is 39.3 Å². The maximum absolute atomic E-state index is 7.76. The monoisotopic (exact) mass is 803 g/mol. The molecule has 1 aliphatic heterocycles. The van der Waals surface area contributed by atoms with Crippen molar-refractivity contribution in [2.75, 3.05) is 0 Å². The van der Waals surface area contributed by atoms with E-state index in [9.17, 15) is 0 Å². The third-order valence-corrected chi connectivity index (χ3v) is 13.4. The number of nitrogens with one attached hydrogen (secondary N) is 1. The first-order chi connectivity index (χ1) is 28.5. The van der Waals surface area contributed by atoms with Gasteiger partial charge in [-0.15, -0.1) is 0 Å². The molecule has 0 aliphatic carbocycles. The van der Waals surface area contributed by atoms with Gasteiger partial charge in [0.05, 0.1) is 0 Å². The molecule has 0 aromatic heterocycles. The molecule has 0 unspecified atom stereocenters. The molecule has 8 aromatic carbocycles. The van der Waals surface area contributed by atoms with E-state index in [2.05, 4.69) is 227 Å². The molecule has 0 bridgehead atoms. The number of hydrogen-bond acceptors (Lipinski definition) is 3. The van der Waals surface area contributed by atoms with Gasteiger partial charge >= 0.3 is 0 Å². The van der Waals surface area contributed by atoms with Crippen molar-refractivity contribution in [1.29, 1.82) is 0 Å². The molecule has 5 heteroatoms. The van der Waals surface area contributed by atoms with Gasteiger partial charge < -0.3 is 14.2 Å². The highest BCUT2D eigenvalue weighted by molar-refractivity contribution is 6.70. The Balaban J connectivity index is 1.49. The lowest BCUT2D eigenvalue weighted by atomic mass is 9.73. The molecule has 59 heavy (non-hydrogen) atoms. The lowest BCUT2D eigenvalue weighted by Crippen LogP contribution is -2.43. The molecular formula is C54H53NO2Si2. The van der Waals surface area contributed by atoms with Gasteiger partial charge in [-0.05, 0) is 129 Å². The second kappa shape index (κ2) is 15.3. The van der Waals surface area contributed by atoms with Gasteiger partial charge in [0, 0.05) is 13.1 Å². The van der Waals surface area contributed by atoms with Crippen LogP contribution in [-0.2, 0) is 33.1 Å². The van der Waals surface area contributed by atoms with Crippen LogP contribution in [0.4, 0.5) is 0 Å². The molecule has 9 rings (SSSR count). The van der Waals surface area contributed by atoms with Crippen molar-refractivity contribution >= 4 is 38.2 Å². The normalized spacial score (nSPS) is 13.5. The predicted octanol–water partition coefficient (Wildman–Crippen LogP) is 13.5. The largest absolute Gasteiger partial charge is 0.400 e. The molecule has 1 aliphatic rings. The molecule has 3 nitrogen and oxygen atoms in total. The van der Waals surface area contributed by atoms with Crippen molar-refractivity contribution < 1.29 is 8.85 Å². The van der Waals surface area contributed by atoms with E-state index < -0.39 is 27.8 Å². The lowest BCUT2D eigenvalue weighted by molar-refractivity contribution is 0.146. The lowest BCUT2D eigenvalue weighted by Gasteiger charge is -2.43. The van der Waals surface area contributed by atoms with E-state index in [1.807, 2.05) is 0 Å². The number of hydrogen-bond donors (Lipinski definition) is 1. The highest BCUT2D eigenvalue weighted by atomic mass is 28.4. The zero-order chi connectivity index (χ0) is 40.8. The molecule has 1 heterocycles. The van der Waals surface area contributed by atoms with E-state index in [4.69, 9.17) is 8.85 Å². The Labute approximate surface area is 352 Å². The summed E-state index contributed by atoms with van der Waals surface area (Å²) < 4.78 is 15.5. The summed E-state index contributed by atoms with van der Waals surface area (Å²) in [5, 5.41) is 8.90. The predicted molar refractivity (Wildman–Crippen MR) is 252 cm³/mol. The maximum atomic E-state index is 7.76. The first-order valence-corrected chi connectivity index (χ1v) is 27.7. The highest BCUT2D eigenvalue weighted by Gasteiger charge is 2.46. The molecule has 8 aromatic rings. The summed E-state index contributed by atoms with van der Waals surface area (Å²) in [6.45, 7) is 15.2. The third kappa shape index (κ3) is 7.01. The van der Waals surface area contributed by atoms with Gasteiger partial charge in [0.25, 0.3) is 0 Å². The van der Waals surface area contributed by atoms with E-state index in [1.165, 1.54) is 54.9 Å². The van der Waals surface area contributed by atoms with Gasteiger partial charge in [-0.2, -0.15) is 0 Å². The van der Waals surface area contributed by atoms with Crippen LogP contribution >= 0.6 is 0 Å². The number of rotatable bonds is 10. The van der Waals surface area contributed by atoms with Crippen LogP contribution in [0.25, 0.3) is 32.7 Å². The SMILES string of the molecule is C[Si](C)(C)OC(c1ccccc1)(c1ccccc1)c1cc2ccccc2c2c1CNCc1c(C(O[Si](C)(C)C)(c3ccccc3)c3ccccc3)cc3ccccc3c1-2. The zero-order valence-electron chi connectivity index (χ0n) is 35.1. The molecular weight excluding hydrogens is 751 g/mol. The fraction of sp³-hybridized carbons (Fsp3) is 0.185. The van der Waals surface area contributed by atoms with Gasteiger partial charge in [0.2, 0.25) is 0 Å². The van der Waals surface area contributed by atoms with Gasteiger partial charge in [0.1, 0.15) is 11.2 Å². The Kier molecular flexibility index (Phi) is 10.1. The Morgan fingerprint density at radius 3 is 0.983 bits per heavy atom. The topological polar surface area (TPSA) is 30.5 Å². The Morgan fingerprint density at radius 2 is 0.678 bits per heavy atom. The first kappa shape index (κ1) is 39.1. The molecule has 0 radical (unpaired) electrons. The van der Waals surface area contributed by atoms with Crippen LogP contribution < -0.4 is 5.32 Å². The summed E-state index contributed by atoms with van der Waals surface area (Å²) in [6, 6.07) is 66.5.